The molecule has 0 fully saturated rings. The fourth-order valence-electron chi connectivity index (χ4n) is 5.03. The molecule has 1 aliphatic rings. The second kappa shape index (κ2) is 10.8. The van der Waals surface area contributed by atoms with Gasteiger partial charge in [0.15, 0.2) is 18.2 Å². The Morgan fingerprint density at radius 2 is 1.75 bits per heavy atom. The summed E-state index contributed by atoms with van der Waals surface area (Å²) in [5.74, 6) is -0.756. The van der Waals surface area contributed by atoms with Gasteiger partial charge in [-0.15, -0.1) is 0 Å². The molecule has 0 saturated heterocycles. The number of sulfonamides is 1. The number of fused-ring (bicyclic) bond motifs is 2. The molecule has 6 rings (SSSR count). The third-order valence-corrected chi connectivity index (χ3v) is 8.67. The van der Waals surface area contributed by atoms with Gasteiger partial charge in [-0.2, -0.15) is 0 Å². The molecule has 0 saturated carbocycles. The lowest BCUT2D eigenvalue weighted by atomic mass is 10.00. The number of rotatable bonds is 6. The standard InChI is InChI=1S/C32H27FN4O6S/c1-18-5-7-19(8-6-18)30-28(31(38)34-2)23-15-22(25(16-27(23)43-30)36(3)44(4,40)41)24-13-14-26-29(35-24)32(39)37(17-42-26)21-11-9-20(33)10-12-21/h5-16H,17H2,1-4H3,(H,34,38). The zero-order valence-electron chi connectivity index (χ0n) is 24.2. The molecule has 44 heavy (non-hydrogen) atoms. The molecule has 0 atom stereocenters. The number of carbonyl (C=O) groups is 2. The number of pyridine rings is 1. The first kappa shape index (κ1) is 28.9. The van der Waals surface area contributed by atoms with Crippen LogP contribution in [0.15, 0.2) is 77.2 Å². The summed E-state index contributed by atoms with van der Waals surface area (Å²) in [5, 5.41) is 3.09. The van der Waals surface area contributed by atoms with Crippen molar-refractivity contribution in [3.05, 3.63) is 95.4 Å². The normalized spacial score (nSPS) is 13.0. The average Bonchev–Trinajstić information content (AvgIpc) is 3.38. The van der Waals surface area contributed by atoms with E-state index in [0.29, 0.717) is 28.0 Å². The number of halogens is 1. The fraction of sp³-hybridized carbons (Fsp3) is 0.156. The number of amides is 2. The number of hydrogen-bond acceptors (Lipinski definition) is 7. The number of aromatic nitrogens is 1. The minimum absolute atomic E-state index is 0.00908. The van der Waals surface area contributed by atoms with Gasteiger partial charge in [0.1, 0.15) is 17.2 Å². The van der Waals surface area contributed by atoms with E-state index >= 15 is 0 Å². The number of ether oxygens (including phenoxy) is 1. The number of nitrogens with one attached hydrogen (secondary N) is 1. The Labute approximate surface area is 252 Å². The van der Waals surface area contributed by atoms with Crippen molar-refractivity contribution < 1.29 is 31.6 Å². The maximum atomic E-state index is 13.6. The van der Waals surface area contributed by atoms with Crippen molar-refractivity contribution in [3.63, 3.8) is 0 Å². The van der Waals surface area contributed by atoms with Gasteiger partial charge in [0.2, 0.25) is 10.0 Å². The maximum absolute atomic E-state index is 13.6. The first-order valence-electron chi connectivity index (χ1n) is 13.5. The van der Waals surface area contributed by atoms with E-state index in [1.165, 1.54) is 43.3 Å². The Hall–Kier alpha value is -5.23. The molecule has 0 radical (unpaired) electrons. The lowest BCUT2D eigenvalue weighted by Gasteiger charge is -2.28. The molecule has 224 valence electrons. The summed E-state index contributed by atoms with van der Waals surface area (Å²) in [6.45, 7) is 1.85. The van der Waals surface area contributed by atoms with Crippen LogP contribution in [0.1, 0.15) is 26.4 Å². The first-order valence-corrected chi connectivity index (χ1v) is 15.4. The Bertz CT molecular complexity index is 2060. The van der Waals surface area contributed by atoms with Gasteiger partial charge in [0, 0.05) is 42.4 Å². The van der Waals surface area contributed by atoms with Crippen LogP contribution in [0.5, 0.6) is 5.75 Å². The number of nitrogens with zero attached hydrogens (tertiary/aromatic N) is 3. The zero-order chi connectivity index (χ0) is 31.3. The molecule has 0 aliphatic carbocycles. The minimum Gasteiger partial charge on any atom is -0.470 e. The summed E-state index contributed by atoms with van der Waals surface area (Å²) in [6.07, 6.45) is 1.06. The van der Waals surface area contributed by atoms with E-state index in [1.54, 1.807) is 24.3 Å². The molecule has 2 aromatic heterocycles. The SMILES string of the molecule is CNC(=O)c1c(-c2ccc(C)cc2)oc2cc(N(C)S(C)(=O)=O)c(-c3ccc4c(n3)C(=O)N(c3ccc(F)cc3)CO4)cc12. The molecular weight excluding hydrogens is 587 g/mol. The predicted molar refractivity (Wildman–Crippen MR) is 165 cm³/mol. The number of benzene rings is 3. The molecule has 1 N–H and O–H groups in total. The van der Waals surface area contributed by atoms with Crippen LogP contribution in [0, 0.1) is 12.7 Å². The third-order valence-electron chi connectivity index (χ3n) is 7.48. The quantitative estimate of drug-likeness (QED) is 0.273. The number of carbonyl (C=O) groups excluding carboxylic acids is 2. The smallest absolute Gasteiger partial charge is 0.283 e. The van der Waals surface area contributed by atoms with E-state index in [1.807, 2.05) is 31.2 Å². The minimum atomic E-state index is -3.76. The summed E-state index contributed by atoms with van der Waals surface area (Å²) in [7, 11) is -0.853. The van der Waals surface area contributed by atoms with Crippen LogP contribution in [0.25, 0.3) is 33.6 Å². The largest absolute Gasteiger partial charge is 0.470 e. The van der Waals surface area contributed by atoms with Crippen LogP contribution < -0.4 is 19.3 Å². The first-order chi connectivity index (χ1) is 21.0. The molecule has 12 heteroatoms. The van der Waals surface area contributed by atoms with Gasteiger partial charge in [0.05, 0.1) is 23.2 Å². The third kappa shape index (κ3) is 5.02. The van der Waals surface area contributed by atoms with Crippen LogP contribution in [-0.2, 0) is 10.0 Å². The molecule has 10 nitrogen and oxygen atoms in total. The van der Waals surface area contributed by atoms with Crippen LogP contribution in [-0.4, -0.2) is 52.3 Å². The average molecular weight is 615 g/mol. The number of furan rings is 1. The van der Waals surface area contributed by atoms with Gasteiger partial charge >= 0.3 is 0 Å². The monoisotopic (exact) mass is 614 g/mol. The molecular formula is C32H27FN4O6S. The van der Waals surface area contributed by atoms with E-state index in [-0.39, 0.29) is 40.7 Å². The van der Waals surface area contributed by atoms with Gasteiger partial charge in [0.25, 0.3) is 11.8 Å². The molecule has 0 spiro atoms. The van der Waals surface area contributed by atoms with Crippen LogP contribution in [0.3, 0.4) is 0 Å². The van der Waals surface area contributed by atoms with Crippen molar-refractivity contribution in [3.8, 4) is 28.3 Å². The number of aryl methyl sites for hydroxylation is 1. The lowest BCUT2D eigenvalue weighted by molar-refractivity contribution is 0.0928. The van der Waals surface area contributed by atoms with Gasteiger partial charge in [-0.1, -0.05) is 29.8 Å². The Morgan fingerprint density at radius 3 is 2.41 bits per heavy atom. The van der Waals surface area contributed by atoms with Crippen molar-refractivity contribution in [2.45, 2.75) is 6.92 Å². The molecule has 3 aromatic carbocycles. The maximum Gasteiger partial charge on any atom is 0.283 e. The highest BCUT2D eigenvalue weighted by Crippen LogP contribution is 2.41. The molecule has 3 heterocycles. The van der Waals surface area contributed by atoms with Crippen molar-refractivity contribution >= 4 is 44.2 Å². The lowest BCUT2D eigenvalue weighted by Crippen LogP contribution is -2.39. The highest BCUT2D eigenvalue weighted by atomic mass is 32.2. The summed E-state index contributed by atoms with van der Waals surface area (Å²) in [5.41, 5.74) is 3.47. The van der Waals surface area contributed by atoms with E-state index in [4.69, 9.17) is 9.15 Å². The van der Waals surface area contributed by atoms with E-state index in [0.717, 1.165) is 16.1 Å². The van der Waals surface area contributed by atoms with E-state index < -0.39 is 27.7 Å². The molecule has 0 unspecified atom stereocenters. The van der Waals surface area contributed by atoms with E-state index in [2.05, 4.69) is 10.3 Å². The van der Waals surface area contributed by atoms with Crippen molar-refractivity contribution in [2.75, 3.05) is 36.3 Å². The second-order valence-corrected chi connectivity index (χ2v) is 12.4. The summed E-state index contributed by atoms with van der Waals surface area (Å²) < 4.78 is 52.1. The van der Waals surface area contributed by atoms with Crippen LogP contribution in [0.4, 0.5) is 15.8 Å². The summed E-state index contributed by atoms with van der Waals surface area (Å²) >= 11 is 0. The number of anilines is 2. The van der Waals surface area contributed by atoms with Gasteiger partial charge in [-0.05, 0) is 49.4 Å². The Kier molecular flexibility index (Phi) is 7.08. The topological polar surface area (TPSA) is 122 Å². The second-order valence-electron chi connectivity index (χ2n) is 10.4. The molecule has 2 amide bonds. The van der Waals surface area contributed by atoms with Gasteiger partial charge in [-0.25, -0.2) is 17.8 Å². The number of hydrogen-bond donors (Lipinski definition) is 1. The summed E-state index contributed by atoms with van der Waals surface area (Å²) in [6, 6.07) is 19.3. The van der Waals surface area contributed by atoms with Crippen molar-refractivity contribution in [1.29, 1.82) is 0 Å². The van der Waals surface area contributed by atoms with Gasteiger partial charge in [-0.3, -0.25) is 18.8 Å². The van der Waals surface area contributed by atoms with Crippen LogP contribution in [0.2, 0.25) is 0 Å². The van der Waals surface area contributed by atoms with E-state index in [9.17, 15) is 22.4 Å². The Balaban J connectivity index is 1.56. The summed E-state index contributed by atoms with van der Waals surface area (Å²) in [4.78, 5) is 32.7. The predicted octanol–water partition coefficient (Wildman–Crippen LogP) is 5.36. The molecule has 1 aliphatic heterocycles. The molecule has 0 bridgehead atoms. The van der Waals surface area contributed by atoms with Gasteiger partial charge < -0.3 is 14.5 Å². The molecule has 5 aromatic rings. The zero-order valence-corrected chi connectivity index (χ0v) is 25.0. The van der Waals surface area contributed by atoms with Crippen molar-refractivity contribution in [2.24, 2.45) is 0 Å². The van der Waals surface area contributed by atoms with Crippen molar-refractivity contribution in [1.82, 2.24) is 10.3 Å². The van der Waals surface area contributed by atoms with Crippen LogP contribution >= 0.6 is 0 Å². The fourth-order valence-corrected chi connectivity index (χ4v) is 5.54. The highest BCUT2D eigenvalue weighted by molar-refractivity contribution is 7.92. The highest BCUT2D eigenvalue weighted by Gasteiger charge is 2.31. The Morgan fingerprint density at radius 1 is 1.05 bits per heavy atom.